The highest BCUT2D eigenvalue weighted by molar-refractivity contribution is 5.86. The third-order valence-corrected chi connectivity index (χ3v) is 4.31. The van der Waals surface area contributed by atoms with Crippen LogP contribution in [-0.4, -0.2) is 18.6 Å². The normalized spacial score (nSPS) is 22.2. The molecule has 1 heterocycles. The average Bonchev–Trinajstić information content (AvgIpc) is 2.73. The number of esters is 1. The first-order valence-electron chi connectivity index (χ1n) is 7.39. The Hall–Kier alpha value is -1.87. The molecule has 0 aliphatic carbocycles. The molecule has 2 aromatic rings. The lowest BCUT2D eigenvalue weighted by molar-refractivity contribution is -0.139. The molecule has 0 unspecified atom stereocenters. The van der Waals surface area contributed by atoms with Crippen molar-refractivity contribution in [3.05, 3.63) is 48.0 Å². The van der Waals surface area contributed by atoms with Crippen molar-refractivity contribution in [2.45, 2.75) is 32.9 Å². The summed E-state index contributed by atoms with van der Waals surface area (Å²) in [5.74, 6) is -0.146. The molecule has 1 aliphatic rings. The summed E-state index contributed by atoms with van der Waals surface area (Å²) in [6.07, 6.45) is 0. The van der Waals surface area contributed by atoms with Crippen molar-refractivity contribution in [2.75, 3.05) is 6.61 Å². The third-order valence-electron chi connectivity index (χ3n) is 4.31. The third kappa shape index (κ3) is 2.54. The van der Waals surface area contributed by atoms with Crippen LogP contribution in [0.5, 0.6) is 0 Å². The summed E-state index contributed by atoms with van der Waals surface area (Å²) < 4.78 is 5.20. The summed E-state index contributed by atoms with van der Waals surface area (Å²) in [6, 6.07) is 14.5. The molecule has 1 N–H and O–H groups in total. The molecule has 3 nitrogen and oxygen atoms in total. The Labute approximate surface area is 125 Å². The van der Waals surface area contributed by atoms with E-state index in [1.807, 2.05) is 12.1 Å². The van der Waals surface area contributed by atoms with Gasteiger partial charge in [-0.15, -0.1) is 0 Å². The van der Waals surface area contributed by atoms with Crippen molar-refractivity contribution in [1.82, 2.24) is 5.32 Å². The van der Waals surface area contributed by atoms with Crippen molar-refractivity contribution in [2.24, 2.45) is 5.41 Å². The Bertz CT molecular complexity index is 672. The highest BCUT2D eigenvalue weighted by atomic mass is 16.5. The number of nitrogens with one attached hydrogen (secondary N) is 1. The van der Waals surface area contributed by atoms with Gasteiger partial charge in [-0.3, -0.25) is 10.1 Å². The van der Waals surface area contributed by atoms with Gasteiger partial charge in [-0.1, -0.05) is 56.3 Å². The number of carbonyl (C=O) groups is 1. The van der Waals surface area contributed by atoms with Gasteiger partial charge in [0.15, 0.2) is 0 Å². The molecular formula is C18H21NO2. The minimum absolute atomic E-state index is 0.0889. The molecule has 0 radical (unpaired) electrons. The minimum Gasteiger partial charge on any atom is -0.464 e. The maximum atomic E-state index is 11.9. The zero-order chi connectivity index (χ0) is 15.0. The lowest BCUT2D eigenvalue weighted by Crippen LogP contribution is -2.44. The van der Waals surface area contributed by atoms with Gasteiger partial charge in [0.1, 0.15) is 6.04 Å². The standard InChI is InChI=1S/C18H21NO2/c1-12(19-16-17(20)21-11-18(16,2)3)14-10-6-8-13-7-4-5-9-15(13)14/h4-10,12,16,19H,11H2,1-3H3/t12-,16+/m1/s1. The molecule has 110 valence electrons. The van der Waals surface area contributed by atoms with Gasteiger partial charge in [-0.05, 0) is 23.3 Å². The number of carbonyl (C=O) groups excluding carboxylic acids is 1. The Balaban J connectivity index is 1.91. The van der Waals surface area contributed by atoms with Gasteiger partial charge in [-0.25, -0.2) is 0 Å². The fourth-order valence-electron chi connectivity index (χ4n) is 3.00. The van der Waals surface area contributed by atoms with Crippen molar-refractivity contribution in [3.63, 3.8) is 0 Å². The lowest BCUT2D eigenvalue weighted by atomic mass is 9.86. The van der Waals surface area contributed by atoms with Crippen LogP contribution in [0, 0.1) is 5.41 Å². The average molecular weight is 283 g/mol. The zero-order valence-electron chi connectivity index (χ0n) is 12.7. The molecule has 3 heteroatoms. The molecule has 21 heavy (non-hydrogen) atoms. The number of benzene rings is 2. The van der Waals surface area contributed by atoms with Crippen LogP contribution in [0.3, 0.4) is 0 Å². The maximum Gasteiger partial charge on any atom is 0.323 e. The van der Waals surface area contributed by atoms with Crippen LogP contribution in [-0.2, 0) is 9.53 Å². The molecule has 0 aromatic heterocycles. The lowest BCUT2D eigenvalue weighted by Gasteiger charge is -2.27. The molecule has 0 spiro atoms. The maximum absolute atomic E-state index is 11.9. The molecule has 0 bridgehead atoms. The van der Waals surface area contributed by atoms with Gasteiger partial charge >= 0.3 is 5.97 Å². The smallest absolute Gasteiger partial charge is 0.323 e. The number of hydrogen-bond acceptors (Lipinski definition) is 3. The van der Waals surface area contributed by atoms with Crippen molar-refractivity contribution >= 4 is 16.7 Å². The second kappa shape index (κ2) is 5.15. The van der Waals surface area contributed by atoms with E-state index in [9.17, 15) is 4.79 Å². The zero-order valence-corrected chi connectivity index (χ0v) is 12.7. The summed E-state index contributed by atoms with van der Waals surface area (Å²) in [5.41, 5.74) is 1.04. The summed E-state index contributed by atoms with van der Waals surface area (Å²) in [6.45, 7) is 6.70. The van der Waals surface area contributed by atoms with E-state index < -0.39 is 0 Å². The van der Waals surface area contributed by atoms with E-state index in [-0.39, 0.29) is 23.5 Å². The van der Waals surface area contributed by atoms with Gasteiger partial charge in [0.2, 0.25) is 0 Å². The van der Waals surface area contributed by atoms with Crippen LogP contribution >= 0.6 is 0 Å². The minimum atomic E-state index is -0.258. The van der Waals surface area contributed by atoms with Gasteiger partial charge < -0.3 is 4.74 Å². The second-order valence-electron chi connectivity index (χ2n) is 6.49. The fraction of sp³-hybridized carbons (Fsp3) is 0.389. The van der Waals surface area contributed by atoms with Crippen LogP contribution in [0.2, 0.25) is 0 Å². The van der Waals surface area contributed by atoms with Gasteiger partial charge in [0.25, 0.3) is 0 Å². The van der Waals surface area contributed by atoms with Crippen LogP contribution in [0.4, 0.5) is 0 Å². The van der Waals surface area contributed by atoms with Gasteiger partial charge in [-0.2, -0.15) is 0 Å². The number of cyclic esters (lactones) is 1. The first-order chi connectivity index (χ1) is 9.99. The van der Waals surface area contributed by atoms with Gasteiger partial charge in [0.05, 0.1) is 6.61 Å². The highest BCUT2D eigenvalue weighted by Crippen LogP contribution is 2.31. The molecule has 0 saturated carbocycles. The summed E-state index contributed by atoms with van der Waals surface area (Å²) in [7, 11) is 0. The first kappa shape index (κ1) is 14.1. The molecule has 2 atom stereocenters. The second-order valence-corrected chi connectivity index (χ2v) is 6.49. The van der Waals surface area contributed by atoms with Crippen LogP contribution < -0.4 is 5.32 Å². The molecule has 2 aromatic carbocycles. The van der Waals surface area contributed by atoms with Crippen molar-refractivity contribution in [1.29, 1.82) is 0 Å². The predicted octanol–water partition coefficient (Wildman–Crippen LogP) is 3.44. The SMILES string of the molecule is C[C@@H](N[C@H]1C(=O)OCC1(C)C)c1cccc2ccccc12. The number of fused-ring (bicyclic) bond motifs is 1. The number of hydrogen-bond donors (Lipinski definition) is 1. The fourth-order valence-corrected chi connectivity index (χ4v) is 3.00. The van der Waals surface area contributed by atoms with Crippen LogP contribution in [0.15, 0.2) is 42.5 Å². The van der Waals surface area contributed by atoms with E-state index in [1.165, 1.54) is 16.3 Å². The largest absolute Gasteiger partial charge is 0.464 e. The summed E-state index contributed by atoms with van der Waals surface area (Å²) in [5, 5.41) is 5.90. The topological polar surface area (TPSA) is 38.3 Å². The van der Waals surface area contributed by atoms with Crippen molar-refractivity contribution in [3.8, 4) is 0 Å². The molecule has 0 amide bonds. The van der Waals surface area contributed by atoms with Crippen molar-refractivity contribution < 1.29 is 9.53 Å². The monoisotopic (exact) mass is 283 g/mol. The highest BCUT2D eigenvalue weighted by Gasteiger charge is 2.44. The van der Waals surface area contributed by atoms with Crippen LogP contribution in [0.1, 0.15) is 32.4 Å². The Kier molecular flexibility index (Phi) is 3.46. The van der Waals surface area contributed by atoms with Gasteiger partial charge in [0, 0.05) is 11.5 Å². The molecule has 1 fully saturated rings. The van der Waals surface area contributed by atoms with E-state index in [2.05, 4.69) is 56.4 Å². The molecular weight excluding hydrogens is 262 g/mol. The van der Waals surface area contributed by atoms with E-state index in [1.54, 1.807) is 0 Å². The molecule has 1 aliphatic heterocycles. The summed E-state index contributed by atoms with van der Waals surface area (Å²) >= 11 is 0. The predicted molar refractivity (Wildman–Crippen MR) is 84.0 cm³/mol. The van der Waals surface area contributed by atoms with E-state index >= 15 is 0 Å². The van der Waals surface area contributed by atoms with E-state index in [0.29, 0.717) is 6.61 Å². The van der Waals surface area contributed by atoms with Crippen LogP contribution in [0.25, 0.3) is 10.8 Å². The Morgan fingerprint density at radius 2 is 1.90 bits per heavy atom. The Morgan fingerprint density at radius 1 is 1.19 bits per heavy atom. The number of rotatable bonds is 3. The number of ether oxygens (including phenoxy) is 1. The quantitative estimate of drug-likeness (QED) is 0.877. The molecule has 1 saturated heterocycles. The summed E-state index contributed by atoms with van der Waals surface area (Å²) in [4.78, 5) is 11.9. The molecule has 3 rings (SSSR count). The first-order valence-corrected chi connectivity index (χ1v) is 7.39. The Morgan fingerprint density at radius 3 is 2.62 bits per heavy atom. The van der Waals surface area contributed by atoms with E-state index in [4.69, 9.17) is 4.74 Å². The van der Waals surface area contributed by atoms with E-state index in [0.717, 1.165) is 0 Å².